The number of benzene rings is 1. The Kier molecular flexibility index (Phi) is 4.60. The first-order chi connectivity index (χ1) is 9.40. The Morgan fingerprint density at radius 2 is 2.05 bits per heavy atom. The third-order valence-corrected chi connectivity index (χ3v) is 3.34. The van der Waals surface area contributed by atoms with Gasteiger partial charge in [-0.3, -0.25) is 0 Å². The minimum absolute atomic E-state index is 0.179. The van der Waals surface area contributed by atoms with Crippen LogP contribution in [0.25, 0.3) is 11.0 Å². The van der Waals surface area contributed by atoms with E-state index in [0.29, 0.717) is 17.9 Å². The molecule has 1 aromatic heterocycles. The van der Waals surface area contributed by atoms with Gasteiger partial charge in [0, 0.05) is 12.6 Å². The lowest BCUT2D eigenvalue weighted by atomic mass is 10.3. The highest BCUT2D eigenvalue weighted by molar-refractivity contribution is 6.20. The van der Waals surface area contributed by atoms with E-state index >= 15 is 0 Å². The van der Waals surface area contributed by atoms with Crippen LogP contribution in [0.15, 0.2) is 12.1 Å². The van der Waals surface area contributed by atoms with Gasteiger partial charge in [0.05, 0.1) is 10.9 Å². The number of nitrogens with zero attached hydrogens (tertiary/aromatic N) is 3. The molecule has 0 amide bonds. The molecule has 2 aromatic rings. The first kappa shape index (κ1) is 15.2. The van der Waals surface area contributed by atoms with E-state index in [1.807, 2.05) is 18.7 Å². The molecule has 1 aromatic carbocycles. The second kappa shape index (κ2) is 6.06. The summed E-state index contributed by atoms with van der Waals surface area (Å²) in [5.74, 6) is -0.674. The van der Waals surface area contributed by atoms with Gasteiger partial charge >= 0.3 is 0 Å². The van der Waals surface area contributed by atoms with Crippen molar-refractivity contribution in [3.63, 3.8) is 0 Å². The molecule has 0 saturated heterocycles. The van der Waals surface area contributed by atoms with Crippen LogP contribution in [-0.2, 0) is 6.54 Å². The van der Waals surface area contributed by atoms with Gasteiger partial charge in [-0.25, -0.2) is 13.8 Å². The number of hydrogen-bond donors (Lipinski definition) is 0. The van der Waals surface area contributed by atoms with Crippen molar-refractivity contribution in [1.29, 1.82) is 0 Å². The average Bonchev–Trinajstić information content (AvgIpc) is 2.68. The Bertz CT molecular complexity index is 608. The van der Waals surface area contributed by atoms with Crippen molar-refractivity contribution in [2.75, 3.05) is 20.6 Å². The van der Waals surface area contributed by atoms with E-state index in [-0.39, 0.29) is 10.9 Å². The number of imidazole rings is 1. The fraction of sp³-hybridized carbons (Fsp3) is 0.500. The molecular formula is C14H18ClF2N3. The summed E-state index contributed by atoms with van der Waals surface area (Å²) in [5, 5.41) is -0.357. The lowest BCUT2D eigenvalue weighted by Gasteiger charge is -2.13. The molecule has 1 unspecified atom stereocenters. The van der Waals surface area contributed by atoms with Crippen LogP contribution in [0.5, 0.6) is 0 Å². The van der Waals surface area contributed by atoms with Gasteiger partial charge in [-0.15, -0.1) is 11.6 Å². The molecule has 0 radical (unpaired) electrons. The summed E-state index contributed by atoms with van der Waals surface area (Å²) in [6.07, 6.45) is 0.854. The van der Waals surface area contributed by atoms with E-state index in [4.69, 9.17) is 11.6 Å². The number of rotatable bonds is 5. The quantitative estimate of drug-likeness (QED) is 0.787. The Morgan fingerprint density at radius 1 is 1.35 bits per heavy atom. The summed E-state index contributed by atoms with van der Waals surface area (Å²) in [5.41, 5.74) is 0.641. The molecule has 0 spiro atoms. The van der Waals surface area contributed by atoms with Gasteiger partial charge in [-0.05, 0) is 40.1 Å². The maximum atomic E-state index is 13.8. The third kappa shape index (κ3) is 3.10. The molecule has 2 rings (SSSR count). The van der Waals surface area contributed by atoms with Gasteiger partial charge in [0.25, 0.3) is 0 Å². The molecule has 3 nitrogen and oxygen atoms in total. The summed E-state index contributed by atoms with van der Waals surface area (Å²) in [6, 6.07) is 2.16. The van der Waals surface area contributed by atoms with E-state index < -0.39 is 11.6 Å². The van der Waals surface area contributed by atoms with Gasteiger partial charge in [0.15, 0.2) is 5.82 Å². The van der Waals surface area contributed by atoms with Crippen molar-refractivity contribution in [3.8, 4) is 0 Å². The van der Waals surface area contributed by atoms with Crippen molar-refractivity contribution in [2.45, 2.75) is 25.3 Å². The Labute approximate surface area is 122 Å². The zero-order chi connectivity index (χ0) is 14.9. The monoisotopic (exact) mass is 301 g/mol. The van der Waals surface area contributed by atoms with Crippen molar-refractivity contribution >= 4 is 22.6 Å². The van der Waals surface area contributed by atoms with Gasteiger partial charge in [0.2, 0.25) is 0 Å². The number of fused-ring (bicyclic) bond motifs is 1. The topological polar surface area (TPSA) is 21.1 Å². The number of halogens is 3. The minimum atomic E-state index is -0.648. The average molecular weight is 302 g/mol. The summed E-state index contributed by atoms with van der Waals surface area (Å²) in [7, 11) is 3.97. The first-order valence-electron chi connectivity index (χ1n) is 6.54. The fourth-order valence-electron chi connectivity index (χ4n) is 2.25. The molecule has 1 heterocycles. The number of aromatic nitrogens is 2. The van der Waals surface area contributed by atoms with E-state index in [1.165, 1.54) is 6.07 Å². The third-order valence-electron chi connectivity index (χ3n) is 3.14. The lowest BCUT2D eigenvalue weighted by molar-refractivity contribution is 0.386. The zero-order valence-electron chi connectivity index (χ0n) is 11.8. The van der Waals surface area contributed by atoms with E-state index in [1.54, 1.807) is 6.92 Å². The van der Waals surface area contributed by atoms with Crippen LogP contribution < -0.4 is 0 Å². The highest BCUT2D eigenvalue weighted by atomic mass is 35.5. The van der Waals surface area contributed by atoms with E-state index in [2.05, 4.69) is 9.88 Å². The normalized spacial score (nSPS) is 13.3. The first-order valence-corrected chi connectivity index (χ1v) is 6.97. The standard InChI is InChI=1S/C14H18ClF2N3/c1-9(15)14-18-13-11(17)7-10(16)8-12(13)20(14)6-4-5-19(2)3/h7-9H,4-6H2,1-3H3. The maximum Gasteiger partial charge on any atom is 0.153 e. The summed E-state index contributed by atoms with van der Waals surface area (Å²) in [6.45, 7) is 3.29. The fourth-order valence-corrected chi connectivity index (χ4v) is 2.42. The Hall–Kier alpha value is -1.20. The van der Waals surface area contributed by atoms with Crippen LogP contribution in [0, 0.1) is 11.6 Å². The number of hydrogen-bond acceptors (Lipinski definition) is 2. The second-order valence-corrected chi connectivity index (χ2v) is 5.80. The van der Waals surface area contributed by atoms with Crippen molar-refractivity contribution in [1.82, 2.24) is 14.5 Å². The van der Waals surface area contributed by atoms with Gasteiger partial charge in [0.1, 0.15) is 17.2 Å². The molecule has 0 aliphatic rings. The van der Waals surface area contributed by atoms with Crippen LogP contribution in [0.4, 0.5) is 8.78 Å². The Morgan fingerprint density at radius 3 is 2.65 bits per heavy atom. The molecule has 0 bridgehead atoms. The van der Waals surface area contributed by atoms with Gasteiger partial charge in [-0.2, -0.15) is 0 Å². The summed E-state index contributed by atoms with van der Waals surface area (Å²) in [4.78, 5) is 6.29. The summed E-state index contributed by atoms with van der Waals surface area (Å²) >= 11 is 6.10. The second-order valence-electron chi connectivity index (χ2n) is 5.15. The van der Waals surface area contributed by atoms with Crippen molar-refractivity contribution in [2.24, 2.45) is 0 Å². The molecule has 6 heteroatoms. The number of alkyl halides is 1. The molecule has 0 saturated carbocycles. The predicted molar refractivity (Wildman–Crippen MR) is 77.1 cm³/mol. The minimum Gasteiger partial charge on any atom is -0.327 e. The smallest absolute Gasteiger partial charge is 0.153 e. The van der Waals surface area contributed by atoms with Gasteiger partial charge in [-0.1, -0.05) is 0 Å². The molecule has 0 aliphatic heterocycles. The van der Waals surface area contributed by atoms with E-state index in [9.17, 15) is 8.78 Å². The van der Waals surface area contributed by atoms with Crippen LogP contribution in [0.3, 0.4) is 0 Å². The zero-order valence-corrected chi connectivity index (χ0v) is 12.6. The Balaban J connectivity index is 2.45. The molecule has 20 heavy (non-hydrogen) atoms. The molecule has 110 valence electrons. The largest absolute Gasteiger partial charge is 0.327 e. The van der Waals surface area contributed by atoms with Gasteiger partial charge < -0.3 is 9.47 Å². The molecule has 0 fully saturated rings. The predicted octanol–water partition coefficient (Wildman–Crippen LogP) is 3.57. The van der Waals surface area contributed by atoms with Crippen LogP contribution in [0.2, 0.25) is 0 Å². The van der Waals surface area contributed by atoms with Crippen LogP contribution >= 0.6 is 11.6 Å². The SMILES string of the molecule is CC(Cl)c1nc2c(F)cc(F)cc2n1CCCN(C)C. The maximum absolute atomic E-state index is 13.8. The molecule has 0 N–H and O–H groups in total. The summed E-state index contributed by atoms with van der Waals surface area (Å²) < 4.78 is 29.0. The van der Waals surface area contributed by atoms with Crippen molar-refractivity contribution in [3.05, 3.63) is 29.6 Å². The highest BCUT2D eigenvalue weighted by Crippen LogP contribution is 2.27. The lowest BCUT2D eigenvalue weighted by Crippen LogP contribution is -2.16. The molecular weight excluding hydrogens is 284 g/mol. The van der Waals surface area contributed by atoms with Crippen molar-refractivity contribution < 1.29 is 8.78 Å². The van der Waals surface area contributed by atoms with E-state index in [0.717, 1.165) is 19.0 Å². The molecule has 1 atom stereocenters. The van der Waals surface area contributed by atoms with Crippen LogP contribution in [-0.4, -0.2) is 35.1 Å². The number of aryl methyl sites for hydroxylation is 1. The highest BCUT2D eigenvalue weighted by Gasteiger charge is 2.18. The molecule has 0 aliphatic carbocycles. The van der Waals surface area contributed by atoms with Crippen LogP contribution in [0.1, 0.15) is 24.5 Å².